The van der Waals surface area contributed by atoms with Crippen molar-refractivity contribution in [3.05, 3.63) is 69.7 Å². The zero-order chi connectivity index (χ0) is 24.8. The number of thiazole rings is 1. The monoisotopic (exact) mass is 501 g/mol. The van der Waals surface area contributed by atoms with Gasteiger partial charge in [-0.25, -0.2) is 9.78 Å². The molecule has 1 atom stereocenters. The lowest BCUT2D eigenvalue weighted by atomic mass is 10.0. The van der Waals surface area contributed by atoms with Crippen LogP contribution in [0.3, 0.4) is 0 Å². The van der Waals surface area contributed by atoms with Gasteiger partial charge in [-0.05, 0) is 37.6 Å². The average Bonchev–Trinajstić information content (AvgIpc) is 3.30. The molecule has 0 saturated carbocycles. The number of likely N-dealkylation sites (N-methyl/N-ethyl adjacent to an activating group) is 1. The summed E-state index contributed by atoms with van der Waals surface area (Å²) in [7, 11) is 1.50. The molecule has 2 aromatic carbocycles. The molecule has 0 unspecified atom stereocenters. The van der Waals surface area contributed by atoms with Gasteiger partial charge in [0.15, 0.2) is 5.69 Å². The van der Waals surface area contributed by atoms with E-state index in [1.54, 1.807) is 24.3 Å². The van der Waals surface area contributed by atoms with Crippen LogP contribution in [0.15, 0.2) is 47.8 Å². The molecule has 3 rings (SSSR count). The van der Waals surface area contributed by atoms with Crippen molar-refractivity contribution >= 4 is 40.7 Å². The molecule has 3 aromatic rings. The van der Waals surface area contributed by atoms with Crippen molar-refractivity contribution < 1.29 is 24.2 Å². The van der Waals surface area contributed by atoms with E-state index in [9.17, 15) is 14.4 Å². The van der Waals surface area contributed by atoms with E-state index in [0.717, 1.165) is 11.1 Å². The van der Waals surface area contributed by atoms with Crippen LogP contribution < -0.4 is 15.4 Å². The van der Waals surface area contributed by atoms with Crippen LogP contribution in [0.1, 0.15) is 40.3 Å². The van der Waals surface area contributed by atoms with E-state index in [1.807, 2.05) is 26.0 Å². The molecule has 178 valence electrons. The number of ether oxygens (including phenoxy) is 1. The Bertz CT molecular complexity index is 1190. The molecule has 0 aliphatic rings. The molecule has 10 heteroatoms. The molecule has 0 aliphatic heterocycles. The number of amides is 2. The predicted molar refractivity (Wildman–Crippen MR) is 131 cm³/mol. The van der Waals surface area contributed by atoms with E-state index in [4.69, 9.17) is 21.4 Å². The first-order chi connectivity index (χ1) is 16.2. The van der Waals surface area contributed by atoms with Crippen molar-refractivity contribution in [2.45, 2.75) is 32.4 Å². The zero-order valence-corrected chi connectivity index (χ0v) is 20.4. The molecule has 1 aromatic heterocycles. The van der Waals surface area contributed by atoms with Crippen LogP contribution in [0.5, 0.6) is 5.75 Å². The summed E-state index contributed by atoms with van der Waals surface area (Å²) in [6.45, 7) is 3.75. The maximum Gasteiger partial charge on any atom is 0.355 e. The quantitative estimate of drug-likeness (QED) is 0.407. The first-order valence-corrected chi connectivity index (χ1v) is 11.7. The number of carboxylic acid groups (broad SMARTS) is 1. The number of carbonyl (C=O) groups is 3. The van der Waals surface area contributed by atoms with Crippen molar-refractivity contribution in [1.29, 1.82) is 0 Å². The normalized spacial score (nSPS) is 11.7. The molecule has 0 aliphatic carbocycles. The second-order valence-corrected chi connectivity index (χ2v) is 8.96. The van der Waals surface area contributed by atoms with E-state index >= 15 is 0 Å². The van der Waals surface area contributed by atoms with Crippen molar-refractivity contribution in [3.8, 4) is 16.3 Å². The Morgan fingerprint density at radius 3 is 2.41 bits per heavy atom. The number of carboxylic acids is 1. The summed E-state index contributed by atoms with van der Waals surface area (Å²) < 4.78 is 5.59. The Labute approximate surface area is 205 Å². The lowest BCUT2D eigenvalue weighted by molar-refractivity contribution is -0.122. The summed E-state index contributed by atoms with van der Waals surface area (Å²) in [5, 5.41) is 16.7. The SMILES string of the molecule is CNC(=O)[C@H](Cc1ccc(-c2nc(C(=O)O)cs2)cc1)NC(=O)c1ccc(OC(C)C)c(Cl)c1. The van der Waals surface area contributed by atoms with Gasteiger partial charge in [-0.3, -0.25) is 9.59 Å². The number of halogens is 1. The van der Waals surface area contributed by atoms with Gasteiger partial charge in [-0.2, -0.15) is 0 Å². The summed E-state index contributed by atoms with van der Waals surface area (Å²) in [4.78, 5) is 40.4. The molecule has 0 saturated heterocycles. The summed E-state index contributed by atoms with van der Waals surface area (Å²) >= 11 is 7.47. The third kappa shape index (κ3) is 6.33. The van der Waals surface area contributed by atoms with E-state index in [0.29, 0.717) is 21.3 Å². The third-order valence-corrected chi connectivity index (χ3v) is 5.98. The van der Waals surface area contributed by atoms with E-state index in [1.165, 1.54) is 29.8 Å². The van der Waals surface area contributed by atoms with E-state index in [2.05, 4.69) is 15.6 Å². The Hall–Kier alpha value is -3.43. The van der Waals surface area contributed by atoms with Gasteiger partial charge in [-0.1, -0.05) is 35.9 Å². The first kappa shape index (κ1) is 25.2. The number of benzene rings is 2. The highest BCUT2D eigenvalue weighted by Crippen LogP contribution is 2.27. The van der Waals surface area contributed by atoms with Gasteiger partial charge in [0.25, 0.3) is 5.91 Å². The molecule has 8 nitrogen and oxygen atoms in total. The van der Waals surface area contributed by atoms with Crippen molar-refractivity contribution in [2.75, 3.05) is 7.05 Å². The maximum atomic E-state index is 12.8. The van der Waals surface area contributed by atoms with Crippen LogP contribution in [0, 0.1) is 0 Å². The van der Waals surface area contributed by atoms with Gasteiger partial charge in [-0.15, -0.1) is 11.3 Å². The zero-order valence-electron chi connectivity index (χ0n) is 18.8. The molecule has 0 radical (unpaired) electrons. The van der Waals surface area contributed by atoms with Crippen molar-refractivity contribution in [2.24, 2.45) is 0 Å². The minimum atomic E-state index is -1.08. The van der Waals surface area contributed by atoms with Gasteiger partial charge in [0.05, 0.1) is 11.1 Å². The van der Waals surface area contributed by atoms with Gasteiger partial charge < -0.3 is 20.5 Å². The average molecular weight is 502 g/mol. The maximum absolute atomic E-state index is 12.8. The number of aromatic carboxylic acids is 1. The van der Waals surface area contributed by atoms with Crippen LogP contribution in [0.4, 0.5) is 0 Å². The minimum Gasteiger partial charge on any atom is -0.489 e. The molecule has 0 spiro atoms. The smallest absolute Gasteiger partial charge is 0.355 e. The number of hydrogen-bond donors (Lipinski definition) is 3. The fourth-order valence-electron chi connectivity index (χ4n) is 3.14. The lowest BCUT2D eigenvalue weighted by Gasteiger charge is -2.18. The van der Waals surface area contributed by atoms with Crippen LogP contribution in [-0.2, 0) is 11.2 Å². The highest BCUT2D eigenvalue weighted by Gasteiger charge is 2.22. The molecule has 3 N–H and O–H groups in total. The van der Waals surface area contributed by atoms with Gasteiger partial charge in [0.1, 0.15) is 16.8 Å². The summed E-state index contributed by atoms with van der Waals surface area (Å²) in [6.07, 6.45) is 0.197. The second kappa shape index (κ2) is 11.1. The van der Waals surface area contributed by atoms with Crippen LogP contribution >= 0.6 is 22.9 Å². The number of rotatable bonds is 9. The fraction of sp³-hybridized carbons (Fsp3) is 0.250. The number of carbonyl (C=O) groups excluding carboxylic acids is 2. The molecular weight excluding hydrogens is 478 g/mol. The van der Waals surface area contributed by atoms with Crippen LogP contribution in [0.25, 0.3) is 10.6 Å². The van der Waals surface area contributed by atoms with Gasteiger partial charge >= 0.3 is 5.97 Å². The van der Waals surface area contributed by atoms with Gasteiger partial charge in [0.2, 0.25) is 5.91 Å². The number of hydrogen-bond acceptors (Lipinski definition) is 6. The lowest BCUT2D eigenvalue weighted by Crippen LogP contribution is -2.47. The fourth-order valence-corrected chi connectivity index (χ4v) is 4.17. The third-order valence-electron chi connectivity index (χ3n) is 4.79. The highest BCUT2D eigenvalue weighted by molar-refractivity contribution is 7.13. The van der Waals surface area contributed by atoms with Crippen LogP contribution in [0.2, 0.25) is 5.02 Å². The molecule has 0 fully saturated rings. The summed E-state index contributed by atoms with van der Waals surface area (Å²) in [5.41, 5.74) is 1.88. The van der Waals surface area contributed by atoms with E-state index < -0.39 is 17.9 Å². The summed E-state index contributed by atoms with van der Waals surface area (Å²) in [6, 6.07) is 11.1. The largest absolute Gasteiger partial charge is 0.489 e. The highest BCUT2D eigenvalue weighted by atomic mass is 35.5. The summed E-state index contributed by atoms with van der Waals surface area (Å²) in [5.74, 6) is -1.37. The van der Waals surface area contributed by atoms with Crippen molar-refractivity contribution in [3.63, 3.8) is 0 Å². The Morgan fingerprint density at radius 2 is 1.85 bits per heavy atom. The number of nitrogens with one attached hydrogen (secondary N) is 2. The standard InChI is InChI=1S/C24H24ClN3O5S/c1-13(2)33-20-9-8-16(11-17(20)25)21(29)27-18(22(30)26-3)10-14-4-6-15(7-5-14)23-28-19(12-34-23)24(31)32/h4-9,11-13,18H,10H2,1-3H3,(H,26,30)(H,27,29)(H,31,32)/t18-/m0/s1. The van der Waals surface area contributed by atoms with Crippen LogP contribution in [-0.4, -0.2) is 47.1 Å². The van der Waals surface area contributed by atoms with Crippen molar-refractivity contribution in [1.82, 2.24) is 15.6 Å². The van der Waals surface area contributed by atoms with Gasteiger partial charge in [0, 0.05) is 30.0 Å². The molecule has 0 bridgehead atoms. The number of nitrogens with zero attached hydrogens (tertiary/aromatic N) is 1. The first-order valence-electron chi connectivity index (χ1n) is 10.4. The van der Waals surface area contributed by atoms with E-state index in [-0.39, 0.29) is 24.1 Å². The second-order valence-electron chi connectivity index (χ2n) is 7.70. The Balaban J connectivity index is 1.72. The Kier molecular flexibility index (Phi) is 8.25. The predicted octanol–water partition coefficient (Wildman–Crippen LogP) is 4.04. The molecule has 34 heavy (non-hydrogen) atoms. The Morgan fingerprint density at radius 1 is 1.15 bits per heavy atom. The molecule has 1 heterocycles. The number of aromatic nitrogens is 1. The molecular formula is C24H24ClN3O5S. The topological polar surface area (TPSA) is 118 Å². The molecule has 2 amide bonds. The minimum absolute atomic E-state index is 0.00428.